The summed E-state index contributed by atoms with van der Waals surface area (Å²) in [7, 11) is 1.54. The van der Waals surface area contributed by atoms with Gasteiger partial charge < -0.3 is 19.5 Å². The molecule has 3 rings (SSSR count). The highest BCUT2D eigenvalue weighted by Gasteiger charge is 2.08. The number of hydrogen-bond donors (Lipinski definition) is 2. The van der Waals surface area contributed by atoms with Crippen molar-refractivity contribution in [3.05, 3.63) is 83.4 Å². The molecule has 3 aromatic carbocycles. The van der Waals surface area contributed by atoms with Crippen LogP contribution in [0.2, 0.25) is 0 Å². The van der Waals surface area contributed by atoms with Gasteiger partial charge in [-0.25, -0.2) is 5.43 Å². The lowest BCUT2D eigenvalue weighted by Crippen LogP contribution is -2.24. The number of ether oxygens (including phenoxy) is 3. The first-order valence-electron chi connectivity index (χ1n) is 11.2. The minimum atomic E-state index is -0.359. The molecule has 0 unspecified atom stereocenters. The Bertz CT molecular complexity index is 1180. The maximum absolute atomic E-state index is 12.2. The Labute approximate surface area is 204 Å². The van der Waals surface area contributed by atoms with E-state index in [-0.39, 0.29) is 25.0 Å². The van der Waals surface area contributed by atoms with Crippen molar-refractivity contribution in [3.63, 3.8) is 0 Å². The minimum Gasteiger partial charge on any atom is -0.495 e. The normalized spacial score (nSPS) is 10.6. The summed E-state index contributed by atoms with van der Waals surface area (Å²) >= 11 is 0. The summed E-state index contributed by atoms with van der Waals surface area (Å²) in [5.41, 5.74) is 6.01. The number of rotatable bonds is 11. The van der Waals surface area contributed by atoms with E-state index in [4.69, 9.17) is 14.2 Å². The SMILES string of the molecule is CCc1cc(C)cc(OCC(=O)N/N=C/c2ccc(OCC(=O)Nc3ccccc3OC)cc2)c1. The molecule has 35 heavy (non-hydrogen) atoms. The van der Waals surface area contributed by atoms with Gasteiger partial charge in [-0.15, -0.1) is 0 Å². The van der Waals surface area contributed by atoms with Gasteiger partial charge in [0.2, 0.25) is 0 Å². The fourth-order valence-electron chi connectivity index (χ4n) is 3.21. The van der Waals surface area contributed by atoms with Gasteiger partial charge in [-0.3, -0.25) is 9.59 Å². The zero-order chi connectivity index (χ0) is 25.0. The number of hydrazone groups is 1. The molecule has 2 amide bonds. The maximum atomic E-state index is 12.2. The van der Waals surface area contributed by atoms with E-state index in [1.807, 2.05) is 25.1 Å². The van der Waals surface area contributed by atoms with Gasteiger partial charge in [0.25, 0.3) is 11.8 Å². The largest absolute Gasteiger partial charge is 0.495 e. The molecule has 0 aliphatic rings. The minimum absolute atomic E-state index is 0.131. The van der Waals surface area contributed by atoms with Crippen molar-refractivity contribution >= 4 is 23.7 Å². The summed E-state index contributed by atoms with van der Waals surface area (Å²) < 4.78 is 16.3. The highest BCUT2D eigenvalue weighted by molar-refractivity contribution is 5.93. The van der Waals surface area contributed by atoms with E-state index in [9.17, 15) is 9.59 Å². The van der Waals surface area contributed by atoms with E-state index in [0.29, 0.717) is 22.9 Å². The maximum Gasteiger partial charge on any atom is 0.277 e. The molecule has 0 saturated heterocycles. The molecule has 182 valence electrons. The van der Waals surface area contributed by atoms with Gasteiger partial charge in [-0.1, -0.05) is 25.1 Å². The van der Waals surface area contributed by atoms with Crippen LogP contribution >= 0.6 is 0 Å². The van der Waals surface area contributed by atoms with Crippen LogP contribution in [0.4, 0.5) is 5.69 Å². The van der Waals surface area contributed by atoms with Gasteiger partial charge in [-0.05, 0) is 78.6 Å². The van der Waals surface area contributed by atoms with Gasteiger partial charge in [0.1, 0.15) is 17.2 Å². The van der Waals surface area contributed by atoms with E-state index in [1.54, 1.807) is 49.6 Å². The van der Waals surface area contributed by atoms with Crippen molar-refractivity contribution in [3.8, 4) is 17.2 Å². The highest BCUT2D eigenvalue weighted by Crippen LogP contribution is 2.23. The third-order valence-corrected chi connectivity index (χ3v) is 4.92. The molecular weight excluding hydrogens is 446 g/mol. The number of aryl methyl sites for hydroxylation is 2. The first kappa shape index (κ1) is 25.3. The van der Waals surface area contributed by atoms with Gasteiger partial charge in [0.15, 0.2) is 13.2 Å². The van der Waals surface area contributed by atoms with E-state index in [0.717, 1.165) is 23.1 Å². The second-order valence-electron chi connectivity index (χ2n) is 7.70. The lowest BCUT2D eigenvalue weighted by atomic mass is 10.1. The molecule has 0 radical (unpaired) electrons. The molecule has 0 fully saturated rings. The van der Waals surface area contributed by atoms with Crippen molar-refractivity contribution in [2.24, 2.45) is 5.10 Å². The lowest BCUT2D eigenvalue weighted by Gasteiger charge is -2.10. The van der Waals surface area contributed by atoms with Crippen LogP contribution in [0, 0.1) is 6.92 Å². The van der Waals surface area contributed by atoms with Crippen LogP contribution in [-0.2, 0) is 16.0 Å². The monoisotopic (exact) mass is 475 g/mol. The number of anilines is 1. The average molecular weight is 476 g/mol. The quantitative estimate of drug-likeness (QED) is 0.321. The second-order valence-corrected chi connectivity index (χ2v) is 7.70. The molecule has 0 heterocycles. The summed E-state index contributed by atoms with van der Waals surface area (Å²) in [4.78, 5) is 24.2. The fourth-order valence-corrected chi connectivity index (χ4v) is 3.21. The topological polar surface area (TPSA) is 98.3 Å². The number of carbonyl (C=O) groups excluding carboxylic acids is 2. The standard InChI is InChI=1S/C27H29N3O5/c1-4-20-13-19(2)14-23(15-20)35-18-27(32)30-28-16-21-9-11-22(12-10-21)34-17-26(31)29-24-7-5-6-8-25(24)33-3/h5-16H,4,17-18H2,1-3H3,(H,29,31)(H,30,32)/b28-16+. The number of methoxy groups -OCH3 is 1. The van der Waals surface area contributed by atoms with E-state index in [1.165, 1.54) is 6.21 Å². The average Bonchev–Trinajstić information content (AvgIpc) is 2.87. The first-order chi connectivity index (χ1) is 17.0. The summed E-state index contributed by atoms with van der Waals surface area (Å²) in [6.45, 7) is 3.78. The van der Waals surface area contributed by atoms with E-state index < -0.39 is 0 Å². The van der Waals surface area contributed by atoms with E-state index in [2.05, 4.69) is 28.8 Å². The molecule has 0 bridgehead atoms. The van der Waals surface area contributed by atoms with Gasteiger partial charge in [-0.2, -0.15) is 5.10 Å². The first-order valence-corrected chi connectivity index (χ1v) is 11.2. The van der Waals surface area contributed by atoms with Gasteiger partial charge >= 0.3 is 0 Å². The van der Waals surface area contributed by atoms with Crippen molar-refractivity contribution in [1.82, 2.24) is 5.43 Å². The zero-order valence-electron chi connectivity index (χ0n) is 20.0. The molecule has 0 saturated carbocycles. The molecule has 2 N–H and O–H groups in total. The Balaban J connectivity index is 1.41. The number of amides is 2. The molecule has 0 aromatic heterocycles. The summed E-state index contributed by atoms with van der Waals surface area (Å²) in [6.07, 6.45) is 2.41. The Hall–Kier alpha value is -4.33. The number of nitrogens with one attached hydrogen (secondary N) is 2. The number of para-hydroxylation sites is 2. The highest BCUT2D eigenvalue weighted by atomic mass is 16.5. The molecule has 0 aliphatic carbocycles. The predicted molar refractivity (Wildman–Crippen MR) is 135 cm³/mol. The molecule has 0 spiro atoms. The van der Waals surface area contributed by atoms with Crippen LogP contribution in [0.5, 0.6) is 17.2 Å². The molecule has 0 atom stereocenters. The second kappa shape index (κ2) is 12.8. The molecule has 8 nitrogen and oxygen atoms in total. The third kappa shape index (κ3) is 8.19. The molecule has 0 aliphatic heterocycles. The Morgan fingerprint density at radius 2 is 1.63 bits per heavy atom. The van der Waals surface area contributed by atoms with Crippen LogP contribution in [-0.4, -0.2) is 38.4 Å². The van der Waals surface area contributed by atoms with Crippen molar-refractivity contribution in [2.75, 3.05) is 25.6 Å². The van der Waals surface area contributed by atoms with Crippen LogP contribution in [0.15, 0.2) is 71.8 Å². The Morgan fingerprint density at radius 3 is 2.37 bits per heavy atom. The Kier molecular flexibility index (Phi) is 9.24. The molecule has 8 heteroatoms. The van der Waals surface area contributed by atoms with Gasteiger partial charge in [0.05, 0.1) is 19.0 Å². The van der Waals surface area contributed by atoms with E-state index >= 15 is 0 Å². The number of benzene rings is 3. The predicted octanol–water partition coefficient (Wildman–Crippen LogP) is 4.11. The zero-order valence-corrected chi connectivity index (χ0v) is 20.0. The number of hydrogen-bond acceptors (Lipinski definition) is 6. The number of nitrogens with zero attached hydrogens (tertiary/aromatic N) is 1. The lowest BCUT2D eigenvalue weighted by molar-refractivity contribution is -0.123. The Morgan fingerprint density at radius 1 is 0.914 bits per heavy atom. The summed E-state index contributed by atoms with van der Waals surface area (Å²) in [5.74, 6) is 1.10. The van der Waals surface area contributed by atoms with Crippen LogP contribution in [0.3, 0.4) is 0 Å². The van der Waals surface area contributed by atoms with Crippen molar-refractivity contribution < 1.29 is 23.8 Å². The van der Waals surface area contributed by atoms with Crippen LogP contribution < -0.4 is 25.0 Å². The fraction of sp³-hybridized carbons (Fsp3) is 0.222. The van der Waals surface area contributed by atoms with Crippen molar-refractivity contribution in [2.45, 2.75) is 20.3 Å². The van der Waals surface area contributed by atoms with Crippen LogP contribution in [0.1, 0.15) is 23.6 Å². The number of carbonyl (C=O) groups is 2. The van der Waals surface area contributed by atoms with Crippen molar-refractivity contribution in [1.29, 1.82) is 0 Å². The molecular formula is C27H29N3O5. The van der Waals surface area contributed by atoms with Gasteiger partial charge in [0, 0.05) is 0 Å². The summed E-state index contributed by atoms with van der Waals surface area (Å²) in [5, 5.41) is 6.70. The summed E-state index contributed by atoms with van der Waals surface area (Å²) in [6, 6.07) is 20.0. The smallest absolute Gasteiger partial charge is 0.277 e. The van der Waals surface area contributed by atoms with Crippen LogP contribution in [0.25, 0.3) is 0 Å². The molecule has 3 aromatic rings. The third-order valence-electron chi connectivity index (χ3n) is 4.92.